The molecule has 0 aliphatic carbocycles. The van der Waals surface area contributed by atoms with Crippen LogP contribution in [0.15, 0.2) is 52.3 Å². The van der Waals surface area contributed by atoms with E-state index in [1.54, 1.807) is 32.4 Å². The molecule has 0 amide bonds. The molecule has 0 saturated carbocycles. The first kappa shape index (κ1) is 22.5. The second-order valence-electron chi connectivity index (χ2n) is 6.91. The lowest BCUT2D eigenvalue weighted by Crippen LogP contribution is -2.28. The number of hydrogen-bond donors (Lipinski definition) is 1. The third-order valence-corrected chi connectivity index (χ3v) is 8.40. The van der Waals surface area contributed by atoms with Crippen molar-refractivity contribution in [2.24, 2.45) is 0 Å². The van der Waals surface area contributed by atoms with Gasteiger partial charge in [-0.25, -0.2) is 21.6 Å². The van der Waals surface area contributed by atoms with Crippen LogP contribution in [0.1, 0.15) is 18.4 Å². The van der Waals surface area contributed by atoms with E-state index in [-0.39, 0.29) is 16.3 Å². The van der Waals surface area contributed by atoms with E-state index in [1.807, 2.05) is 0 Å². The van der Waals surface area contributed by atoms with Crippen LogP contribution in [-0.2, 0) is 26.5 Å². The quantitative estimate of drug-likeness (QED) is 0.622. The van der Waals surface area contributed by atoms with Gasteiger partial charge in [0.25, 0.3) is 0 Å². The van der Waals surface area contributed by atoms with Gasteiger partial charge in [-0.15, -0.1) is 0 Å². The summed E-state index contributed by atoms with van der Waals surface area (Å²) in [5.74, 6) is 1.30. The molecule has 0 unspecified atom stereocenters. The van der Waals surface area contributed by atoms with Gasteiger partial charge in [0, 0.05) is 19.6 Å². The molecule has 0 spiro atoms. The molecule has 0 radical (unpaired) electrons. The molecule has 1 saturated heterocycles. The first-order valence-corrected chi connectivity index (χ1v) is 12.5. The lowest BCUT2D eigenvalue weighted by Gasteiger charge is -2.15. The number of nitrogens with one attached hydrogen (secondary N) is 1. The summed E-state index contributed by atoms with van der Waals surface area (Å²) < 4.78 is 64.8. The number of ether oxygens (including phenoxy) is 2. The average molecular weight is 455 g/mol. The van der Waals surface area contributed by atoms with E-state index >= 15 is 0 Å². The number of rotatable bonds is 9. The van der Waals surface area contributed by atoms with E-state index in [0.29, 0.717) is 31.0 Å². The van der Waals surface area contributed by atoms with Crippen LogP contribution >= 0.6 is 0 Å². The SMILES string of the molecule is COc1ccc(OC)c(CCNS(=O)(=O)c2ccc(S(=O)(=O)N3CCCC3)cc2)c1. The highest BCUT2D eigenvalue weighted by atomic mass is 32.2. The van der Waals surface area contributed by atoms with E-state index in [1.165, 1.54) is 28.6 Å². The van der Waals surface area contributed by atoms with Gasteiger partial charge in [0.2, 0.25) is 20.0 Å². The van der Waals surface area contributed by atoms with Crippen LogP contribution in [0.2, 0.25) is 0 Å². The maximum absolute atomic E-state index is 12.6. The van der Waals surface area contributed by atoms with Crippen LogP contribution in [-0.4, -0.2) is 55.0 Å². The Morgan fingerprint density at radius 3 is 2.13 bits per heavy atom. The average Bonchev–Trinajstić information content (AvgIpc) is 3.29. The third kappa shape index (κ3) is 4.94. The van der Waals surface area contributed by atoms with Crippen LogP contribution in [0.25, 0.3) is 0 Å². The lowest BCUT2D eigenvalue weighted by atomic mass is 10.1. The Hall–Kier alpha value is -2.14. The smallest absolute Gasteiger partial charge is 0.243 e. The zero-order chi connectivity index (χ0) is 21.8. The van der Waals surface area contributed by atoms with E-state index < -0.39 is 20.0 Å². The Kier molecular flexibility index (Phi) is 7.02. The monoisotopic (exact) mass is 454 g/mol. The predicted octanol–water partition coefficient (Wildman–Crippen LogP) is 2.01. The molecule has 1 N–H and O–H groups in total. The highest BCUT2D eigenvalue weighted by Crippen LogP contribution is 2.25. The normalized spacial score (nSPS) is 15.3. The number of hydrogen-bond acceptors (Lipinski definition) is 6. The minimum absolute atomic E-state index is 0.0143. The zero-order valence-corrected chi connectivity index (χ0v) is 18.6. The molecule has 164 valence electrons. The molecular formula is C20H26N2O6S2. The van der Waals surface area contributed by atoms with Crippen molar-refractivity contribution in [2.75, 3.05) is 33.9 Å². The highest BCUT2D eigenvalue weighted by molar-refractivity contribution is 7.89. The van der Waals surface area contributed by atoms with Gasteiger partial charge < -0.3 is 9.47 Å². The summed E-state index contributed by atoms with van der Waals surface area (Å²) in [6.45, 7) is 1.15. The summed E-state index contributed by atoms with van der Waals surface area (Å²) in [6, 6.07) is 10.6. The largest absolute Gasteiger partial charge is 0.497 e. The lowest BCUT2D eigenvalue weighted by molar-refractivity contribution is 0.398. The van der Waals surface area contributed by atoms with E-state index in [2.05, 4.69) is 4.72 Å². The van der Waals surface area contributed by atoms with Gasteiger partial charge in [0.1, 0.15) is 11.5 Å². The van der Waals surface area contributed by atoms with Crippen LogP contribution in [0.4, 0.5) is 0 Å². The second kappa shape index (κ2) is 9.34. The molecule has 0 aromatic heterocycles. The molecule has 1 fully saturated rings. The molecule has 10 heteroatoms. The van der Waals surface area contributed by atoms with Gasteiger partial charge in [0.05, 0.1) is 24.0 Å². The van der Waals surface area contributed by atoms with Crippen LogP contribution in [0, 0.1) is 0 Å². The standard InChI is InChI=1S/C20H26N2O6S2/c1-27-17-5-10-20(28-2)16(15-17)11-12-21-29(23,24)18-6-8-19(9-7-18)30(25,26)22-13-3-4-14-22/h5-10,15,21H,3-4,11-14H2,1-2H3. The molecule has 2 aromatic carbocycles. The Labute approximate surface area is 177 Å². The van der Waals surface area contributed by atoms with Crippen molar-refractivity contribution in [3.63, 3.8) is 0 Å². The Bertz CT molecular complexity index is 1080. The fraction of sp³-hybridized carbons (Fsp3) is 0.400. The molecule has 3 rings (SSSR count). The van der Waals surface area contributed by atoms with E-state index in [0.717, 1.165) is 18.4 Å². The van der Waals surface area contributed by atoms with Crippen LogP contribution in [0.5, 0.6) is 11.5 Å². The Morgan fingerprint density at radius 1 is 0.900 bits per heavy atom. The van der Waals surface area contributed by atoms with Gasteiger partial charge in [-0.1, -0.05) is 0 Å². The molecule has 30 heavy (non-hydrogen) atoms. The Balaban J connectivity index is 1.68. The molecule has 0 atom stereocenters. The van der Waals surface area contributed by atoms with Gasteiger partial charge >= 0.3 is 0 Å². The van der Waals surface area contributed by atoms with Crippen LogP contribution in [0.3, 0.4) is 0 Å². The first-order chi connectivity index (χ1) is 14.3. The van der Waals surface area contributed by atoms with Crippen molar-refractivity contribution >= 4 is 20.0 Å². The van der Waals surface area contributed by atoms with Crippen molar-refractivity contribution in [3.8, 4) is 11.5 Å². The molecule has 8 nitrogen and oxygen atoms in total. The second-order valence-corrected chi connectivity index (χ2v) is 10.6. The summed E-state index contributed by atoms with van der Waals surface area (Å²) in [7, 11) is -4.25. The predicted molar refractivity (Wildman–Crippen MR) is 113 cm³/mol. The van der Waals surface area contributed by atoms with Gasteiger partial charge in [-0.05, 0) is 67.3 Å². The molecule has 1 heterocycles. The topological polar surface area (TPSA) is 102 Å². The number of sulfonamides is 2. The fourth-order valence-corrected chi connectivity index (χ4v) is 5.90. The van der Waals surface area contributed by atoms with Crippen molar-refractivity contribution < 1.29 is 26.3 Å². The molecular weight excluding hydrogens is 428 g/mol. The number of benzene rings is 2. The summed E-state index contributed by atoms with van der Waals surface area (Å²) in [4.78, 5) is 0.116. The molecule has 0 bridgehead atoms. The number of methoxy groups -OCH3 is 2. The summed E-state index contributed by atoms with van der Waals surface area (Å²) >= 11 is 0. The fourth-order valence-electron chi connectivity index (χ4n) is 3.35. The minimum atomic E-state index is -3.78. The molecule has 1 aliphatic heterocycles. The van der Waals surface area contributed by atoms with Gasteiger partial charge in [-0.2, -0.15) is 4.31 Å². The van der Waals surface area contributed by atoms with E-state index in [4.69, 9.17) is 9.47 Å². The van der Waals surface area contributed by atoms with Crippen molar-refractivity contribution in [1.82, 2.24) is 9.03 Å². The van der Waals surface area contributed by atoms with Crippen LogP contribution < -0.4 is 14.2 Å². The third-order valence-electron chi connectivity index (χ3n) is 5.01. The Morgan fingerprint density at radius 2 is 1.53 bits per heavy atom. The van der Waals surface area contributed by atoms with Crippen molar-refractivity contribution in [1.29, 1.82) is 0 Å². The first-order valence-electron chi connectivity index (χ1n) is 9.59. The van der Waals surface area contributed by atoms with Gasteiger partial charge in [0.15, 0.2) is 0 Å². The van der Waals surface area contributed by atoms with Gasteiger partial charge in [-0.3, -0.25) is 0 Å². The number of nitrogens with zero attached hydrogens (tertiary/aromatic N) is 1. The summed E-state index contributed by atoms with van der Waals surface area (Å²) in [6.07, 6.45) is 2.09. The van der Waals surface area contributed by atoms with Crippen molar-refractivity contribution in [3.05, 3.63) is 48.0 Å². The highest BCUT2D eigenvalue weighted by Gasteiger charge is 2.27. The molecule has 1 aliphatic rings. The molecule has 2 aromatic rings. The zero-order valence-electron chi connectivity index (χ0n) is 17.0. The summed E-state index contributed by atoms with van der Waals surface area (Å²) in [5.41, 5.74) is 0.812. The maximum Gasteiger partial charge on any atom is 0.243 e. The van der Waals surface area contributed by atoms with Crippen molar-refractivity contribution in [2.45, 2.75) is 29.1 Å². The summed E-state index contributed by atoms with van der Waals surface area (Å²) in [5, 5.41) is 0. The minimum Gasteiger partial charge on any atom is -0.497 e. The van der Waals surface area contributed by atoms with E-state index in [9.17, 15) is 16.8 Å². The maximum atomic E-state index is 12.6.